The van der Waals surface area contributed by atoms with Gasteiger partial charge < -0.3 is 0 Å². The van der Waals surface area contributed by atoms with Crippen molar-refractivity contribution in [1.82, 2.24) is 14.6 Å². The summed E-state index contributed by atoms with van der Waals surface area (Å²) < 4.78 is 2.92. The topological polar surface area (TPSA) is 47.3 Å². The van der Waals surface area contributed by atoms with E-state index in [0.717, 1.165) is 22.0 Å². The normalized spacial score (nSPS) is 12.2. The molecule has 0 unspecified atom stereocenters. The molecule has 0 amide bonds. The van der Waals surface area contributed by atoms with Gasteiger partial charge in [0.15, 0.2) is 5.82 Å². The van der Waals surface area contributed by atoms with E-state index in [2.05, 4.69) is 45.1 Å². The zero-order valence-corrected chi connectivity index (χ0v) is 15.8. The van der Waals surface area contributed by atoms with Gasteiger partial charge in [-0.25, -0.2) is 0 Å². The Kier molecular flexibility index (Phi) is 4.23. The summed E-state index contributed by atoms with van der Waals surface area (Å²) in [5, 5.41) is 4.39. The highest BCUT2D eigenvalue weighted by atomic mass is 79.9. The van der Waals surface area contributed by atoms with Crippen LogP contribution in [0.1, 0.15) is 18.1 Å². The van der Waals surface area contributed by atoms with Crippen molar-refractivity contribution in [2.24, 2.45) is 0 Å². The Bertz CT molecular complexity index is 1160. The largest absolute Gasteiger partial charge is 0.291 e. The zero-order valence-electron chi connectivity index (χ0n) is 13.4. The maximum Gasteiger partial charge on any atom is 0.291 e. The fraction of sp³-hybridized carbons (Fsp3) is 0.105. The maximum atomic E-state index is 12.6. The van der Waals surface area contributed by atoms with Crippen LogP contribution in [0.2, 0.25) is 0 Å². The minimum absolute atomic E-state index is 0.134. The van der Waals surface area contributed by atoms with Gasteiger partial charge in [-0.3, -0.25) is 4.79 Å². The van der Waals surface area contributed by atoms with Crippen molar-refractivity contribution in [3.63, 3.8) is 0 Å². The molecule has 0 aliphatic carbocycles. The number of hydrogen-bond donors (Lipinski definition) is 0. The Morgan fingerprint density at radius 2 is 1.92 bits per heavy atom. The van der Waals surface area contributed by atoms with Crippen molar-refractivity contribution in [2.45, 2.75) is 13.3 Å². The van der Waals surface area contributed by atoms with E-state index in [-0.39, 0.29) is 5.56 Å². The van der Waals surface area contributed by atoms with Crippen molar-refractivity contribution >= 4 is 38.3 Å². The van der Waals surface area contributed by atoms with Gasteiger partial charge in [-0.05, 0) is 35.8 Å². The number of benzene rings is 2. The fourth-order valence-corrected chi connectivity index (χ4v) is 3.96. The van der Waals surface area contributed by atoms with Crippen molar-refractivity contribution in [1.29, 1.82) is 0 Å². The minimum atomic E-state index is -0.134. The van der Waals surface area contributed by atoms with E-state index in [1.807, 2.05) is 42.5 Å². The van der Waals surface area contributed by atoms with Gasteiger partial charge in [0.2, 0.25) is 4.96 Å². The van der Waals surface area contributed by atoms with E-state index in [4.69, 9.17) is 0 Å². The van der Waals surface area contributed by atoms with E-state index < -0.39 is 0 Å². The molecule has 0 saturated carbocycles. The molecule has 0 aliphatic heterocycles. The lowest BCUT2D eigenvalue weighted by Gasteiger charge is -1.97. The van der Waals surface area contributed by atoms with Gasteiger partial charge in [0.05, 0.1) is 4.53 Å². The first kappa shape index (κ1) is 16.2. The lowest BCUT2D eigenvalue weighted by atomic mass is 10.1. The van der Waals surface area contributed by atoms with Crippen LogP contribution in [0.15, 0.2) is 57.8 Å². The smallest absolute Gasteiger partial charge is 0.266 e. The molecule has 0 radical (unpaired) electrons. The molecule has 4 aromatic rings. The molecule has 0 fully saturated rings. The lowest BCUT2D eigenvalue weighted by molar-refractivity contribution is 0.936. The molecule has 0 aliphatic rings. The third-order valence-electron chi connectivity index (χ3n) is 3.98. The number of rotatable bonds is 3. The van der Waals surface area contributed by atoms with Gasteiger partial charge in [-0.15, -0.1) is 5.10 Å². The molecule has 124 valence electrons. The van der Waals surface area contributed by atoms with Crippen LogP contribution in [0.25, 0.3) is 22.4 Å². The number of hydrogen-bond acceptors (Lipinski definition) is 4. The molecule has 6 heteroatoms. The van der Waals surface area contributed by atoms with Gasteiger partial charge >= 0.3 is 0 Å². The number of nitrogens with zero attached hydrogens (tertiary/aromatic N) is 3. The summed E-state index contributed by atoms with van der Waals surface area (Å²) >= 11 is 4.85. The van der Waals surface area contributed by atoms with Crippen LogP contribution >= 0.6 is 27.3 Å². The second-order valence-corrected chi connectivity index (χ2v) is 7.48. The van der Waals surface area contributed by atoms with Crippen molar-refractivity contribution in [3.8, 4) is 11.4 Å². The molecular formula is C19H14BrN3OS. The Labute approximate surface area is 156 Å². The first-order valence-corrected chi connectivity index (χ1v) is 9.52. The number of aromatic nitrogens is 3. The Morgan fingerprint density at radius 1 is 1.16 bits per heavy atom. The van der Waals surface area contributed by atoms with Gasteiger partial charge in [-0.1, -0.05) is 70.6 Å². The highest BCUT2D eigenvalue weighted by molar-refractivity contribution is 9.10. The quantitative estimate of drug-likeness (QED) is 0.516. The number of fused-ring (bicyclic) bond motifs is 1. The molecule has 0 bridgehead atoms. The summed E-state index contributed by atoms with van der Waals surface area (Å²) in [5.41, 5.74) is 3.02. The van der Waals surface area contributed by atoms with Crippen LogP contribution in [-0.2, 0) is 6.42 Å². The zero-order chi connectivity index (χ0) is 17.4. The van der Waals surface area contributed by atoms with Crippen LogP contribution in [0, 0.1) is 0 Å². The number of aryl methyl sites for hydroxylation is 1. The minimum Gasteiger partial charge on any atom is -0.266 e. The molecule has 0 spiro atoms. The summed E-state index contributed by atoms with van der Waals surface area (Å²) in [6.45, 7) is 2.12. The molecule has 25 heavy (non-hydrogen) atoms. The third-order valence-corrected chi connectivity index (χ3v) is 5.63. The molecule has 2 aromatic heterocycles. The van der Waals surface area contributed by atoms with Crippen molar-refractivity contribution in [3.05, 3.63) is 79.0 Å². The average molecular weight is 412 g/mol. The second kappa shape index (κ2) is 6.54. The van der Waals surface area contributed by atoms with Gasteiger partial charge in [0, 0.05) is 10.0 Å². The van der Waals surface area contributed by atoms with E-state index in [9.17, 15) is 4.79 Å². The van der Waals surface area contributed by atoms with Crippen LogP contribution < -0.4 is 10.1 Å². The van der Waals surface area contributed by atoms with Gasteiger partial charge in [0.1, 0.15) is 0 Å². The number of thiazole rings is 1. The molecule has 0 saturated heterocycles. The molecule has 4 nitrogen and oxygen atoms in total. The maximum absolute atomic E-state index is 12.6. The van der Waals surface area contributed by atoms with Crippen LogP contribution in [0.4, 0.5) is 0 Å². The Hall–Kier alpha value is -2.31. The highest BCUT2D eigenvalue weighted by Crippen LogP contribution is 2.25. The first-order valence-electron chi connectivity index (χ1n) is 7.91. The molecule has 2 aromatic carbocycles. The number of halogens is 1. The summed E-state index contributed by atoms with van der Waals surface area (Å²) in [5.74, 6) is 0.551. The van der Waals surface area contributed by atoms with E-state index in [1.54, 1.807) is 0 Å². The van der Waals surface area contributed by atoms with E-state index >= 15 is 0 Å². The summed E-state index contributed by atoms with van der Waals surface area (Å²) in [7, 11) is 0. The predicted molar refractivity (Wildman–Crippen MR) is 105 cm³/mol. The first-order chi connectivity index (χ1) is 12.2. The summed E-state index contributed by atoms with van der Waals surface area (Å²) in [6, 6.07) is 15.9. The Balaban J connectivity index is 1.79. The molecule has 0 atom stereocenters. The van der Waals surface area contributed by atoms with Crippen molar-refractivity contribution in [2.75, 3.05) is 0 Å². The summed E-state index contributed by atoms with van der Waals surface area (Å²) in [6.07, 6.45) is 2.89. The SMILES string of the molecule is CCc1ccc(/C=c2\sc3nc(-c4ccccc4Br)nn3c2=O)cc1. The van der Waals surface area contributed by atoms with Crippen LogP contribution in [0.3, 0.4) is 0 Å². The second-order valence-electron chi connectivity index (χ2n) is 5.62. The molecular weight excluding hydrogens is 398 g/mol. The van der Waals surface area contributed by atoms with Crippen LogP contribution in [0.5, 0.6) is 0 Å². The highest BCUT2D eigenvalue weighted by Gasteiger charge is 2.13. The molecule has 0 N–H and O–H groups in total. The predicted octanol–water partition coefficient (Wildman–Crippen LogP) is 3.69. The van der Waals surface area contributed by atoms with Gasteiger partial charge in [0.25, 0.3) is 5.56 Å². The van der Waals surface area contributed by atoms with Crippen molar-refractivity contribution < 1.29 is 0 Å². The monoisotopic (exact) mass is 411 g/mol. The average Bonchev–Trinajstić information content (AvgIpc) is 3.16. The standard InChI is InChI=1S/C19H14BrN3OS/c1-2-12-7-9-13(10-8-12)11-16-18(24)23-19(25-16)21-17(22-23)14-5-3-4-6-15(14)20/h3-11H,2H2,1H3/b16-11-. The molecule has 2 heterocycles. The van der Waals surface area contributed by atoms with Gasteiger partial charge in [-0.2, -0.15) is 9.50 Å². The van der Waals surface area contributed by atoms with Crippen LogP contribution in [-0.4, -0.2) is 14.6 Å². The lowest BCUT2D eigenvalue weighted by Crippen LogP contribution is -2.23. The third kappa shape index (κ3) is 3.03. The molecule has 4 rings (SSSR count). The summed E-state index contributed by atoms with van der Waals surface area (Å²) in [4.78, 5) is 17.7. The Morgan fingerprint density at radius 3 is 2.60 bits per heavy atom. The fourth-order valence-electron chi connectivity index (χ4n) is 2.59. The van der Waals surface area contributed by atoms with E-state index in [1.165, 1.54) is 21.4 Å². The van der Waals surface area contributed by atoms with E-state index in [0.29, 0.717) is 15.3 Å².